The molecule has 0 saturated carbocycles. The van der Waals surface area contributed by atoms with Crippen LogP contribution in [0.1, 0.15) is 38.8 Å². The lowest BCUT2D eigenvalue weighted by Gasteiger charge is -2.28. The minimum Gasteiger partial charge on any atom is -0.493 e. The van der Waals surface area contributed by atoms with Crippen molar-refractivity contribution in [1.82, 2.24) is 5.32 Å². The van der Waals surface area contributed by atoms with Crippen molar-refractivity contribution < 1.29 is 4.74 Å². The Morgan fingerprint density at radius 3 is 2.78 bits per heavy atom. The van der Waals surface area contributed by atoms with E-state index in [4.69, 9.17) is 16.3 Å². The van der Waals surface area contributed by atoms with Crippen molar-refractivity contribution in [2.45, 2.75) is 46.7 Å². The van der Waals surface area contributed by atoms with Crippen LogP contribution in [0.3, 0.4) is 0 Å². The van der Waals surface area contributed by atoms with Crippen LogP contribution < -0.4 is 10.1 Å². The molecule has 0 spiro atoms. The first-order valence-corrected chi connectivity index (χ1v) is 6.93. The summed E-state index contributed by atoms with van der Waals surface area (Å²) in [5.74, 6) is 1.04. The maximum atomic E-state index is 6.15. The van der Waals surface area contributed by atoms with Crippen molar-refractivity contribution in [3.63, 3.8) is 0 Å². The topological polar surface area (TPSA) is 21.3 Å². The fraction of sp³-hybridized carbons (Fsp3) is 0.600. The number of ether oxygens (including phenoxy) is 1. The zero-order valence-electron chi connectivity index (χ0n) is 11.6. The van der Waals surface area contributed by atoms with Gasteiger partial charge in [-0.1, -0.05) is 32.4 Å². The van der Waals surface area contributed by atoms with Crippen molar-refractivity contribution >= 4 is 11.6 Å². The number of hydrogen-bond acceptors (Lipinski definition) is 2. The Balaban J connectivity index is 2.11. The standard InChI is InChI=1S/C15H22ClNO/c1-10(15(2,3)4)17-9-12-8-13(16)7-11-5-6-18-14(11)12/h7-8,10,17H,5-6,9H2,1-4H3. The summed E-state index contributed by atoms with van der Waals surface area (Å²) in [7, 11) is 0. The largest absolute Gasteiger partial charge is 0.493 e. The zero-order valence-corrected chi connectivity index (χ0v) is 12.4. The summed E-state index contributed by atoms with van der Waals surface area (Å²) in [5.41, 5.74) is 2.66. The Morgan fingerprint density at radius 2 is 2.11 bits per heavy atom. The van der Waals surface area contributed by atoms with Gasteiger partial charge in [0.25, 0.3) is 0 Å². The maximum Gasteiger partial charge on any atom is 0.127 e. The Morgan fingerprint density at radius 1 is 1.39 bits per heavy atom. The van der Waals surface area contributed by atoms with Crippen LogP contribution in [-0.2, 0) is 13.0 Å². The van der Waals surface area contributed by atoms with Gasteiger partial charge in [-0.3, -0.25) is 0 Å². The first-order chi connectivity index (χ1) is 8.38. The third-order valence-electron chi connectivity index (χ3n) is 3.72. The van der Waals surface area contributed by atoms with Crippen molar-refractivity contribution in [3.05, 3.63) is 28.3 Å². The molecular formula is C15H22ClNO. The molecule has 18 heavy (non-hydrogen) atoms. The molecule has 0 saturated heterocycles. The Labute approximate surface area is 115 Å². The van der Waals surface area contributed by atoms with Crippen LogP contribution in [0, 0.1) is 5.41 Å². The van der Waals surface area contributed by atoms with Crippen molar-refractivity contribution in [3.8, 4) is 5.75 Å². The molecule has 1 aromatic rings. The van der Waals surface area contributed by atoms with Gasteiger partial charge in [-0.25, -0.2) is 0 Å². The molecule has 0 aliphatic carbocycles. The summed E-state index contributed by atoms with van der Waals surface area (Å²) in [6, 6.07) is 4.46. The predicted molar refractivity (Wildman–Crippen MR) is 76.4 cm³/mol. The zero-order chi connectivity index (χ0) is 13.3. The minimum absolute atomic E-state index is 0.253. The second-order valence-electron chi connectivity index (χ2n) is 6.12. The van der Waals surface area contributed by atoms with Crippen LogP contribution in [0.15, 0.2) is 12.1 Å². The van der Waals surface area contributed by atoms with Gasteiger partial charge in [-0.15, -0.1) is 0 Å². The average Bonchev–Trinajstić information content (AvgIpc) is 2.71. The molecule has 2 nitrogen and oxygen atoms in total. The van der Waals surface area contributed by atoms with Gasteiger partial charge in [0.2, 0.25) is 0 Å². The SMILES string of the molecule is CC(NCc1cc(Cl)cc2c1OCC2)C(C)(C)C. The van der Waals surface area contributed by atoms with Gasteiger partial charge in [-0.05, 0) is 30.0 Å². The lowest BCUT2D eigenvalue weighted by atomic mass is 9.88. The predicted octanol–water partition coefficient (Wildman–Crippen LogP) is 3.80. The number of hydrogen-bond donors (Lipinski definition) is 1. The summed E-state index contributed by atoms with van der Waals surface area (Å²) in [5, 5.41) is 4.36. The lowest BCUT2D eigenvalue weighted by molar-refractivity contribution is 0.283. The number of rotatable bonds is 3. The highest BCUT2D eigenvalue weighted by atomic mass is 35.5. The summed E-state index contributed by atoms with van der Waals surface area (Å²) >= 11 is 6.15. The molecule has 3 heteroatoms. The molecule has 1 heterocycles. The van der Waals surface area contributed by atoms with E-state index in [1.54, 1.807) is 0 Å². The summed E-state index contributed by atoms with van der Waals surface area (Å²) < 4.78 is 5.70. The van der Waals surface area contributed by atoms with Crippen LogP contribution in [0.5, 0.6) is 5.75 Å². The minimum atomic E-state index is 0.253. The van der Waals surface area contributed by atoms with E-state index in [-0.39, 0.29) is 5.41 Å². The third kappa shape index (κ3) is 2.99. The van der Waals surface area contributed by atoms with Crippen LogP contribution in [0.25, 0.3) is 0 Å². The number of nitrogens with one attached hydrogen (secondary N) is 1. The molecule has 0 amide bonds. The fourth-order valence-electron chi connectivity index (χ4n) is 2.05. The van der Waals surface area contributed by atoms with Crippen LogP contribution in [0.2, 0.25) is 5.02 Å². The van der Waals surface area contributed by atoms with Gasteiger partial charge >= 0.3 is 0 Å². The van der Waals surface area contributed by atoms with Gasteiger partial charge in [-0.2, -0.15) is 0 Å². The third-order valence-corrected chi connectivity index (χ3v) is 3.94. The van der Waals surface area contributed by atoms with Crippen molar-refractivity contribution in [2.75, 3.05) is 6.61 Å². The van der Waals surface area contributed by atoms with E-state index in [1.165, 1.54) is 11.1 Å². The molecule has 2 rings (SSSR count). The first kappa shape index (κ1) is 13.7. The maximum absolute atomic E-state index is 6.15. The monoisotopic (exact) mass is 267 g/mol. The second-order valence-corrected chi connectivity index (χ2v) is 6.56. The summed E-state index contributed by atoms with van der Waals surface area (Å²) in [6.45, 7) is 10.5. The molecule has 1 aliphatic heterocycles. The van der Waals surface area contributed by atoms with E-state index in [9.17, 15) is 0 Å². The van der Waals surface area contributed by atoms with E-state index < -0.39 is 0 Å². The number of benzene rings is 1. The van der Waals surface area contributed by atoms with E-state index >= 15 is 0 Å². The molecular weight excluding hydrogens is 246 g/mol. The van der Waals surface area contributed by atoms with Gasteiger partial charge in [0.1, 0.15) is 5.75 Å². The van der Waals surface area contributed by atoms with Gasteiger partial charge in [0.15, 0.2) is 0 Å². The summed E-state index contributed by atoms with van der Waals surface area (Å²) in [4.78, 5) is 0. The average molecular weight is 268 g/mol. The van der Waals surface area contributed by atoms with Crippen molar-refractivity contribution in [2.24, 2.45) is 5.41 Å². The Hall–Kier alpha value is -0.730. The number of fused-ring (bicyclic) bond motifs is 1. The molecule has 0 radical (unpaired) electrons. The van der Waals surface area contributed by atoms with Gasteiger partial charge in [0.05, 0.1) is 6.61 Å². The highest BCUT2D eigenvalue weighted by Gasteiger charge is 2.21. The lowest BCUT2D eigenvalue weighted by Crippen LogP contribution is -2.37. The Bertz CT molecular complexity index is 437. The molecule has 1 N–H and O–H groups in total. The highest BCUT2D eigenvalue weighted by Crippen LogP contribution is 2.33. The van der Waals surface area contributed by atoms with E-state index in [0.29, 0.717) is 6.04 Å². The number of halogens is 1. The highest BCUT2D eigenvalue weighted by molar-refractivity contribution is 6.30. The fourth-order valence-corrected chi connectivity index (χ4v) is 2.31. The molecule has 1 unspecified atom stereocenters. The molecule has 0 aromatic heterocycles. The van der Waals surface area contributed by atoms with Gasteiger partial charge < -0.3 is 10.1 Å². The van der Waals surface area contributed by atoms with Crippen LogP contribution in [-0.4, -0.2) is 12.6 Å². The normalized spacial score (nSPS) is 16.3. The van der Waals surface area contributed by atoms with Gasteiger partial charge in [0, 0.05) is 29.6 Å². The van der Waals surface area contributed by atoms with E-state index in [0.717, 1.165) is 30.3 Å². The molecule has 1 aliphatic rings. The quantitative estimate of drug-likeness (QED) is 0.899. The van der Waals surface area contributed by atoms with Crippen molar-refractivity contribution in [1.29, 1.82) is 0 Å². The van der Waals surface area contributed by atoms with E-state index in [2.05, 4.69) is 33.0 Å². The van der Waals surface area contributed by atoms with Crippen LogP contribution >= 0.6 is 11.6 Å². The first-order valence-electron chi connectivity index (χ1n) is 6.55. The summed E-state index contributed by atoms with van der Waals surface area (Å²) in [6.07, 6.45) is 0.970. The van der Waals surface area contributed by atoms with Crippen LogP contribution in [0.4, 0.5) is 0 Å². The molecule has 1 aromatic carbocycles. The second kappa shape index (κ2) is 5.10. The van der Waals surface area contributed by atoms with E-state index in [1.807, 2.05) is 12.1 Å². The molecule has 1 atom stereocenters. The molecule has 100 valence electrons. The molecule has 0 fully saturated rings. The smallest absolute Gasteiger partial charge is 0.127 e. The Kier molecular flexibility index (Phi) is 3.88. The molecule has 0 bridgehead atoms.